The third-order valence-electron chi connectivity index (χ3n) is 11.2. The molecule has 0 aliphatic carbocycles. The van der Waals surface area contributed by atoms with E-state index in [1.54, 1.807) is 45.9 Å². The molecular formula is C48H65N7O13. The molecule has 0 aromatic heterocycles. The number of rotatable bonds is 17. The van der Waals surface area contributed by atoms with Crippen molar-refractivity contribution in [2.24, 2.45) is 5.92 Å². The number of hydrogen-bond donors (Lipinski definition) is 9. The minimum absolute atomic E-state index is 0.00860. The Balaban J connectivity index is 2.07. The van der Waals surface area contributed by atoms with Crippen molar-refractivity contribution in [1.82, 2.24) is 37.2 Å². The number of carbonyl (C=O) groups is 9. The molecule has 20 nitrogen and oxygen atoms in total. The van der Waals surface area contributed by atoms with Gasteiger partial charge in [0.2, 0.25) is 35.4 Å². The predicted octanol–water partition coefficient (Wildman–Crippen LogP) is 1.52. The summed E-state index contributed by atoms with van der Waals surface area (Å²) in [6.45, 7) is 10.7. The van der Waals surface area contributed by atoms with Crippen LogP contribution in [0.4, 0.5) is 0 Å². The highest BCUT2D eigenvalue weighted by Gasteiger charge is 2.38. The van der Waals surface area contributed by atoms with Gasteiger partial charge in [-0.1, -0.05) is 56.7 Å². The predicted molar refractivity (Wildman–Crippen MR) is 248 cm³/mol. The van der Waals surface area contributed by atoms with Gasteiger partial charge in [0, 0.05) is 18.4 Å². The summed E-state index contributed by atoms with van der Waals surface area (Å²) in [6.07, 6.45) is 1.92. The lowest BCUT2D eigenvalue weighted by Gasteiger charge is -2.30. The SMILES string of the molecule is C/C=C1\NC(=O)[C@H](C)NC(=O)[C@@H](NC(=O)[C@@H](Cc2ccc(O)cc2)NC(=O)[C@@H](NC(=O)/C(C)=C/C)C(C)C)[C@@H](C)OC(=O)[C@H](CCCCc2ccc(O)cc2)NC(=O)[C@@H](CCC(=O)OC)NC1=O. The Kier molecular flexibility index (Phi) is 21.7. The van der Waals surface area contributed by atoms with Crippen molar-refractivity contribution in [2.75, 3.05) is 7.11 Å². The Labute approximate surface area is 395 Å². The Morgan fingerprint density at radius 2 is 1.40 bits per heavy atom. The summed E-state index contributed by atoms with van der Waals surface area (Å²) in [5.74, 6) is -8.06. The molecule has 0 saturated carbocycles. The van der Waals surface area contributed by atoms with E-state index in [0.29, 0.717) is 30.4 Å². The summed E-state index contributed by atoms with van der Waals surface area (Å²) in [5, 5.41) is 37.6. The highest BCUT2D eigenvalue weighted by molar-refractivity contribution is 6.02. The third-order valence-corrected chi connectivity index (χ3v) is 11.2. The molecule has 1 fully saturated rings. The van der Waals surface area contributed by atoms with E-state index in [4.69, 9.17) is 9.47 Å². The number of amides is 7. The van der Waals surface area contributed by atoms with Crippen molar-refractivity contribution in [3.8, 4) is 11.5 Å². The molecule has 1 aliphatic heterocycles. The van der Waals surface area contributed by atoms with Gasteiger partial charge in [-0.05, 0) is 102 Å². The maximum atomic E-state index is 14.4. The van der Waals surface area contributed by atoms with E-state index < -0.39 is 102 Å². The van der Waals surface area contributed by atoms with E-state index >= 15 is 0 Å². The fourth-order valence-electron chi connectivity index (χ4n) is 6.84. The van der Waals surface area contributed by atoms with E-state index in [-0.39, 0.29) is 42.9 Å². The number of benzene rings is 2. The van der Waals surface area contributed by atoms with Crippen LogP contribution in [0, 0.1) is 5.92 Å². The fourth-order valence-corrected chi connectivity index (χ4v) is 6.84. The molecule has 68 heavy (non-hydrogen) atoms. The molecule has 370 valence electrons. The average molecular weight is 948 g/mol. The Hall–Kier alpha value is -7.25. The maximum Gasteiger partial charge on any atom is 0.328 e. The minimum Gasteiger partial charge on any atom is -0.508 e. The largest absolute Gasteiger partial charge is 0.508 e. The number of carbonyl (C=O) groups excluding carboxylic acids is 9. The normalized spacial score (nSPS) is 21.2. The fraction of sp³-hybridized carbons (Fsp3) is 0.479. The zero-order valence-electron chi connectivity index (χ0n) is 39.7. The second kappa shape index (κ2) is 26.8. The van der Waals surface area contributed by atoms with Gasteiger partial charge in [-0.15, -0.1) is 0 Å². The average Bonchev–Trinajstić information content (AvgIpc) is 3.30. The van der Waals surface area contributed by atoms with Gasteiger partial charge in [-0.25, -0.2) is 4.79 Å². The van der Waals surface area contributed by atoms with Gasteiger partial charge in [-0.3, -0.25) is 38.4 Å². The molecule has 2 aromatic carbocycles. The van der Waals surface area contributed by atoms with Crippen molar-refractivity contribution in [3.05, 3.63) is 83.1 Å². The van der Waals surface area contributed by atoms with Crippen molar-refractivity contribution in [2.45, 2.75) is 136 Å². The zero-order chi connectivity index (χ0) is 50.7. The van der Waals surface area contributed by atoms with E-state index in [1.165, 1.54) is 63.2 Å². The number of unbranched alkanes of at least 4 members (excludes halogenated alkanes) is 1. The van der Waals surface area contributed by atoms with E-state index in [2.05, 4.69) is 37.2 Å². The van der Waals surface area contributed by atoms with Gasteiger partial charge < -0.3 is 56.9 Å². The molecule has 1 saturated heterocycles. The van der Waals surface area contributed by atoms with Crippen molar-refractivity contribution in [1.29, 1.82) is 0 Å². The molecule has 3 rings (SSSR count). The van der Waals surface area contributed by atoms with Crippen molar-refractivity contribution < 1.29 is 62.8 Å². The molecule has 0 spiro atoms. The molecule has 1 aliphatic rings. The van der Waals surface area contributed by atoms with Crippen LogP contribution in [-0.4, -0.2) is 113 Å². The number of allylic oxidation sites excluding steroid dienone is 2. The standard InChI is InChI=1S/C48H65N7O13/c1-9-27(5)41(59)54-39(26(3)4)46(64)53-37(25-31-17-21-33(57)22-18-31)45(63)55-40-29(7)68-48(66)36(14-12-11-13-30-15-19-32(56)20-16-30)52-44(62)35(23-24-38(58)67-8)51-43(61)34(10-2)50-42(60)28(6)49-47(40)65/h9-10,15-22,26,28-29,35-37,39-40,56-57H,11-14,23-25H2,1-8H3,(H,49,65)(H,50,60)(H,51,61)(H,52,62)(H,53,64)(H,54,59)(H,55,63)/b27-9+,34-10-/t28-,29+,35+,36-,37+,39-,40-/m0/s1. The van der Waals surface area contributed by atoms with Crippen LogP contribution in [0.3, 0.4) is 0 Å². The molecular weight excluding hydrogens is 883 g/mol. The van der Waals surface area contributed by atoms with Gasteiger partial charge >= 0.3 is 11.9 Å². The lowest BCUT2D eigenvalue weighted by Crippen LogP contribution is -2.62. The van der Waals surface area contributed by atoms with Gasteiger partial charge in [0.1, 0.15) is 59.6 Å². The summed E-state index contributed by atoms with van der Waals surface area (Å²) in [5.41, 5.74) is 1.40. The number of hydrogen-bond acceptors (Lipinski definition) is 13. The number of ether oxygens (including phenoxy) is 2. The van der Waals surface area contributed by atoms with Crippen LogP contribution in [0.5, 0.6) is 11.5 Å². The van der Waals surface area contributed by atoms with Gasteiger partial charge in [0.25, 0.3) is 5.91 Å². The molecule has 9 N–H and O–H groups in total. The number of phenols is 2. The second-order valence-electron chi connectivity index (χ2n) is 16.8. The number of methoxy groups -OCH3 is 1. The van der Waals surface area contributed by atoms with Crippen LogP contribution in [0.25, 0.3) is 0 Å². The summed E-state index contributed by atoms with van der Waals surface area (Å²) < 4.78 is 10.6. The lowest BCUT2D eigenvalue weighted by molar-refractivity contribution is -0.156. The minimum atomic E-state index is -1.75. The van der Waals surface area contributed by atoms with Gasteiger partial charge in [-0.2, -0.15) is 0 Å². The topological polar surface area (TPSA) is 297 Å². The third kappa shape index (κ3) is 17.2. The first-order valence-electron chi connectivity index (χ1n) is 22.4. The van der Waals surface area contributed by atoms with Crippen molar-refractivity contribution >= 4 is 53.3 Å². The lowest BCUT2D eigenvalue weighted by atomic mass is 10.00. The highest BCUT2D eigenvalue weighted by Crippen LogP contribution is 2.17. The Bertz CT molecular complexity index is 2190. The second-order valence-corrected chi connectivity index (χ2v) is 16.8. The molecule has 1 heterocycles. The molecule has 7 atom stereocenters. The zero-order valence-corrected chi connectivity index (χ0v) is 39.7. The molecule has 0 unspecified atom stereocenters. The van der Waals surface area contributed by atoms with Crippen LogP contribution in [0.2, 0.25) is 0 Å². The van der Waals surface area contributed by atoms with Crippen molar-refractivity contribution in [3.63, 3.8) is 0 Å². The monoisotopic (exact) mass is 947 g/mol. The summed E-state index contributed by atoms with van der Waals surface area (Å²) in [4.78, 5) is 123. The van der Waals surface area contributed by atoms with Crippen LogP contribution in [0.1, 0.15) is 91.7 Å². The Morgan fingerprint density at radius 3 is 1.97 bits per heavy atom. The first-order valence-corrected chi connectivity index (χ1v) is 22.4. The smallest absolute Gasteiger partial charge is 0.328 e. The maximum absolute atomic E-state index is 14.4. The summed E-state index contributed by atoms with van der Waals surface area (Å²) in [6, 6.07) is 3.81. The Morgan fingerprint density at radius 1 is 0.779 bits per heavy atom. The van der Waals surface area contributed by atoms with E-state index in [0.717, 1.165) is 12.7 Å². The molecule has 20 heteroatoms. The number of aromatic hydroxyl groups is 2. The van der Waals surface area contributed by atoms with Gasteiger partial charge in [0.15, 0.2) is 0 Å². The molecule has 7 amide bonds. The summed E-state index contributed by atoms with van der Waals surface area (Å²) in [7, 11) is 1.15. The van der Waals surface area contributed by atoms with Gasteiger partial charge in [0.05, 0.1) is 7.11 Å². The van der Waals surface area contributed by atoms with Crippen LogP contribution >= 0.6 is 0 Å². The first kappa shape index (κ1) is 55.1. The number of esters is 2. The quantitative estimate of drug-likeness (QED) is 0.0619. The van der Waals surface area contributed by atoms with Crippen LogP contribution in [0.15, 0.2) is 72.0 Å². The van der Waals surface area contributed by atoms with Crippen LogP contribution in [-0.2, 0) is 65.5 Å². The highest BCUT2D eigenvalue weighted by atomic mass is 16.5. The van der Waals surface area contributed by atoms with Crippen LogP contribution < -0.4 is 37.2 Å². The number of phenolic OH excluding ortho intramolecular Hbond substituents is 2. The molecule has 0 radical (unpaired) electrons. The number of nitrogens with one attached hydrogen (secondary N) is 7. The van der Waals surface area contributed by atoms with E-state index in [1.807, 2.05) is 0 Å². The summed E-state index contributed by atoms with van der Waals surface area (Å²) >= 11 is 0. The molecule has 0 bridgehead atoms. The number of cyclic esters (lactones) is 1. The van der Waals surface area contributed by atoms with E-state index in [9.17, 15) is 53.4 Å². The first-order chi connectivity index (χ1) is 32.2. The molecule has 2 aromatic rings. The number of aryl methyl sites for hydroxylation is 1.